The van der Waals surface area contributed by atoms with Gasteiger partial charge in [0, 0.05) is 24.9 Å². The van der Waals surface area contributed by atoms with Crippen molar-refractivity contribution in [2.24, 2.45) is 0 Å². The highest BCUT2D eigenvalue weighted by atomic mass is 32.2. The van der Waals surface area contributed by atoms with Crippen molar-refractivity contribution in [2.45, 2.75) is 30.4 Å². The average molecular weight is 389 g/mol. The second-order valence-electron chi connectivity index (χ2n) is 5.72. The topological polar surface area (TPSA) is 151 Å². The zero-order valence-corrected chi connectivity index (χ0v) is 14.9. The first-order valence-electron chi connectivity index (χ1n) is 7.84. The molecule has 144 valence electrons. The third kappa shape index (κ3) is 5.09. The van der Waals surface area contributed by atoms with Crippen LogP contribution in [0.4, 0.5) is 17.1 Å². The van der Waals surface area contributed by atoms with Gasteiger partial charge in [-0.1, -0.05) is 0 Å². The first kappa shape index (κ1) is 20.0. The van der Waals surface area contributed by atoms with E-state index in [1.54, 1.807) is 0 Å². The Morgan fingerprint density at radius 1 is 1.12 bits per heavy atom. The molecule has 0 aliphatic carbocycles. The summed E-state index contributed by atoms with van der Waals surface area (Å²) < 4.78 is 33.8. The van der Waals surface area contributed by atoms with Crippen molar-refractivity contribution >= 4 is 26.9 Å². The van der Waals surface area contributed by atoms with Gasteiger partial charge in [0.15, 0.2) is 21.8 Å². The van der Waals surface area contributed by atoms with E-state index in [0.29, 0.717) is 32.5 Å². The number of sulfone groups is 1. The van der Waals surface area contributed by atoms with E-state index in [0.717, 1.165) is 18.4 Å². The van der Waals surface area contributed by atoms with Gasteiger partial charge < -0.3 is 14.8 Å². The maximum absolute atomic E-state index is 11.6. The van der Waals surface area contributed by atoms with Crippen molar-refractivity contribution in [2.75, 3.05) is 31.3 Å². The molecule has 1 fully saturated rings. The lowest BCUT2D eigenvalue weighted by atomic mass is 10.2. The van der Waals surface area contributed by atoms with E-state index in [9.17, 15) is 28.6 Å². The zero-order valence-electron chi connectivity index (χ0n) is 14.0. The summed E-state index contributed by atoms with van der Waals surface area (Å²) in [6.07, 6.45) is 2.49. The fourth-order valence-electron chi connectivity index (χ4n) is 2.49. The molecule has 1 aromatic carbocycles. The number of rotatable bonds is 9. The van der Waals surface area contributed by atoms with Crippen LogP contribution in [0.25, 0.3) is 0 Å². The number of nitrogens with zero attached hydrogens (tertiary/aromatic N) is 2. The van der Waals surface area contributed by atoms with Gasteiger partial charge in [0.25, 0.3) is 0 Å². The van der Waals surface area contributed by atoms with E-state index in [1.165, 1.54) is 0 Å². The summed E-state index contributed by atoms with van der Waals surface area (Å²) in [7, 11) is -3.83. The number of ether oxygens (including phenoxy) is 2. The highest BCUT2D eigenvalue weighted by Gasteiger charge is 2.29. The molecule has 0 aromatic heterocycles. The van der Waals surface area contributed by atoms with Crippen LogP contribution < -0.4 is 5.32 Å². The number of benzene rings is 1. The minimum Gasteiger partial charge on any atom is -0.374 e. The van der Waals surface area contributed by atoms with Crippen molar-refractivity contribution in [3.05, 3.63) is 32.4 Å². The molecular weight excluding hydrogens is 370 g/mol. The zero-order chi connectivity index (χ0) is 19.3. The van der Waals surface area contributed by atoms with Gasteiger partial charge in [0.2, 0.25) is 0 Å². The molecule has 1 N–H and O–H groups in total. The molecule has 2 rings (SSSR count). The number of unbranched alkanes of at least 4 members (excludes halogenated alkanes) is 1. The van der Waals surface area contributed by atoms with Crippen LogP contribution in [0.5, 0.6) is 0 Å². The molecule has 1 heterocycles. The summed E-state index contributed by atoms with van der Waals surface area (Å²) in [5.41, 5.74) is -1.61. The molecule has 0 spiro atoms. The Morgan fingerprint density at radius 2 is 1.65 bits per heavy atom. The number of nitro groups is 2. The number of hydrogen-bond donors (Lipinski definition) is 1. The van der Waals surface area contributed by atoms with Gasteiger partial charge in [0.05, 0.1) is 28.0 Å². The Kier molecular flexibility index (Phi) is 6.45. The Balaban J connectivity index is 2.14. The second-order valence-corrected chi connectivity index (χ2v) is 7.73. The van der Waals surface area contributed by atoms with Crippen LogP contribution in [0.15, 0.2) is 17.0 Å². The van der Waals surface area contributed by atoms with E-state index in [2.05, 4.69) is 5.32 Å². The van der Waals surface area contributed by atoms with E-state index >= 15 is 0 Å². The average Bonchev–Trinajstić information content (AvgIpc) is 3.06. The summed E-state index contributed by atoms with van der Waals surface area (Å²) in [6.45, 7) is 1.34. The molecule has 12 heteroatoms. The molecule has 1 aromatic rings. The molecule has 26 heavy (non-hydrogen) atoms. The molecule has 1 aliphatic rings. The van der Waals surface area contributed by atoms with Gasteiger partial charge in [-0.25, -0.2) is 8.42 Å². The van der Waals surface area contributed by atoms with E-state index < -0.39 is 36.0 Å². The number of hydrogen-bond acceptors (Lipinski definition) is 9. The lowest BCUT2D eigenvalue weighted by Crippen LogP contribution is -2.11. The lowest BCUT2D eigenvalue weighted by molar-refractivity contribution is -0.392. The number of nitrogens with one attached hydrogen (secondary N) is 1. The lowest BCUT2D eigenvalue weighted by Gasteiger charge is -2.11. The Morgan fingerprint density at radius 3 is 2.12 bits per heavy atom. The van der Waals surface area contributed by atoms with Gasteiger partial charge in [-0.05, 0) is 19.3 Å². The fraction of sp³-hybridized carbons (Fsp3) is 0.571. The summed E-state index contributed by atoms with van der Waals surface area (Å²) in [6, 6.07) is 1.65. The van der Waals surface area contributed by atoms with Crippen molar-refractivity contribution < 1.29 is 27.7 Å². The Bertz CT molecular complexity index is 754. The molecule has 0 atom stereocenters. The van der Waals surface area contributed by atoms with Gasteiger partial charge in [-0.15, -0.1) is 0 Å². The molecule has 1 saturated heterocycles. The maximum Gasteiger partial charge on any atom is 0.300 e. The molecule has 0 amide bonds. The minimum atomic E-state index is -3.83. The maximum atomic E-state index is 11.6. The minimum absolute atomic E-state index is 0.243. The molecule has 11 nitrogen and oxygen atoms in total. The molecule has 0 saturated carbocycles. The van der Waals surface area contributed by atoms with Crippen LogP contribution >= 0.6 is 0 Å². The fourth-order valence-corrected chi connectivity index (χ4v) is 3.14. The summed E-state index contributed by atoms with van der Waals surface area (Å²) in [5.74, 6) is 0. The Hall–Kier alpha value is -2.31. The summed E-state index contributed by atoms with van der Waals surface area (Å²) in [4.78, 5) is 20.3. The predicted octanol–water partition coefficient (Wildman–Crippen LogP) is 1.86. The highest BCUT2D eigenvalue weighted by Crippen LogP contribution is 2.37. The molecular formula is C14H19N3O8S. The molecule has 1 aliphatic heterocycles. The monoisotopic (exact) mass is 389 g/mol. The van der Waals surface area contributed by atoms with E-state index in [1.807, 2.05) is 0 Å². The van der Waals surface area contributed by atoms with Crippen molar-refractivity contribution in [3.63, 3.8) is 0 Å². The van der Waals surface area contributed by atoms with Crippen molar-refractivity contribution in [1.82, 2.24) is 0 Å². The number of nitro benzene ring substituents is 2. The van der Waals surface area contributed by atoms with Crippen LogP contribution in [0.3, 0.4) is 0 Å². The number of anilines is 1. The largest absolute Gasteiger partial charge is 0.374 e. The van der Waals surface area contributed by atoms with Gasteiger partial charge >= 0.3 is 11.4 Å². The summed E-state index contributed by atoms with van der Waals surface area (Å²) in [5, 5.41) is 25.2. The van der Waals surface area contributed by atoms with Gasteiger partial charge in [-0.3, -0.25) is 20.2 Å². The van der Waals surface area contributed by atoms with Crippen LogP contribution in [0.2, 0.25) is 0 Å². The van der Waals surface area contributed by atoms with Crippen LogP contribution in [0.1, 0.15) is 19.3 Å². The standard InChI is InChI=1S/C14H19N3O8S/c1-26(22,23)10-8-11(16(18)19)14(12(9-10)17(20)21)15-5-3-2-4-13-24-6-7-25-13/h8-9,13,15H,2-7H2,1H3. The predicted molar refractivity (Wildman–Crippen MR) is 90.9 cm³/mol. The van der Waals surface area contributed by atoms with E-state index in [-0.39, 0.29) is 18.5 Å². The van der Waals surface area contributed by atoms with Crippen LogP contribution in [-0.4, -0.2) is 50.6 Å². The highest BCUT2D eigenvalue weighted by molar-refractivity contribution is 7.90. The van der Waals surface area contributed by atoms with Crippen LogP contribution in [0, 0.1) is 20.2 Å². The van der Waals surface area contributed by atoms with Crippen molar-refractivity contribution in [1.29, 1.82) is 0 Å². The van der Waals surface area contributed by atoms with Crippen LogP contribution in [-0.2, 0) is 19.3 Å². The first-order valence-corrected chi connectivity index (χ1v) is 9.73. The third-order valence-electron chi connectivity index (χ3n) is 3.75. The first-order chi connectivity index (χ1) is 12.2. The molecule has 0 bridgehead atoms. The summed E-state index contributed by atoms with van der Waals surface area (Å²) >= 11 is 0. The van der Waals surface area contributed by atoms with Crippen molar-refractivity contribution in [3.8, 4) is 0 Å². The molecule has 0 unspecified atom stereocenters. The quantitative estimate of drug-likeness (QED) is 0.379. The Labute approximate surface area is 149 Å². The van der Waals surface area contributed by atoms with Gasteiger partial charge in [0.1, 0.15) is 0 Å². The van der Waals surface area contributed by atoms with E-state index in [4.69, 9.17) is 9.47 Å². The third-order valence-corrected chi connectivity index (χ3v) is 4.84. The second kappa shape index (κ2) is 8.38. The smallest absolute Gasteiger partial charge is 0.300 e. The molecule has 0 radical (unpaired) electrons. The van der Waals surface area contributed by atoms with Gasteiger partial charge in [-0.2, -0.15) is 0 Å². The SMILES string of the molecule is CS(=O)(=O)c1cc([N+](=O)[O-])c(NCCCCC2OCCO2)c([N+](=O)[O-])c1. The normalized spacial score (nSPS) is 15.1.